The molecule has 0 aromatic rings. The quantitative estimate of drug-likeness (QED) is 0.628. The summed E-state index contributed by atoms with van der Waals surface area (Å²) < 4.78 is 16.1. The lowest BCUT2D eigenvalue weighted by molar-refractivity contribution is -0.195. The van der Waals surface area contributed by atoms with Crippen LogP contribution < -0.4 is 0 Å². The largest absolute Gasteiger partial charge is 0.390 e. The first-order chi connectivity index (χ1) is 8.15. The number of rotatable bonds is 9. The Morgan fingerprint density at radius 3 is 2.53 bits per heavy atom. The molecule has 4 nitrogen and oxygen atoms in total. The van der Waals surface area contributed by atoms with Crippen molar-refractivity contribution >= 4 is 0 Å². The van der Waals surface area contributed by atoms with Crippen LogP contribution in [0.15, 0.2) is 0 Å². The van der Waals surface area contributed by atoms with Gasteiger partial charge in [0.25, 0.3) is 0 Å². The molecule has 0 aromatic carbocycles. The Labute approximate surface area is 104 Å². The predicted molar refractivity (Wildman–Crippen MR) is 66.1 cm³/mol. The van der Waals surface area contributed by atoms with E-state index in [1.54, 1.807) is 7.11 Å². The van der Waals surface area contributed by atoms with Gasteiger partial charge in [-0.2, -0.15) is 0 Å². The van der Waals surface area contributed by atoms with Crippen LogP contribution in [-0.4, -0.2) is 50.3 Å². The van der Waals surface area contributed by atoms with Crippen molar-refractivity contribution in [2.45, 2.75) is 51.4 Å². The lowest BCUT2D eigenvalue weighted by Crippen LogP contribution is -2.54. The van der Waals surface area contributed by atoms with Crippen molar-refractivity contribution in [2.24, 2.45) is 5.92 Å². The molecule has 1 fully saturated rings. The maximum absolute atomic E-state index is 9.58. The van der Waals surface area contributed by atoms with Crippen molar-refractivity contribution in [3.05, 3.63) is 0 Å². The lowest BCUT2D eigenvalue weighted by Gasteiger charge is -2.40. The van der Waals surface area contributed by atoms with Gasteiger partial charge in [-0.05, 0) is 18.8 Å². The van der Waals surface area contributed by atoms with Gasteiger partial charge in [-0.3, -0.25) is 0 Å². The van der Waals surface area contributed by atoms with Crippen LogP contribution in [0.4, 0.5) is 0 Å². The molecule has 1 aliphatic rings. The highest BCUT2D eigenvalue weighted by Gasteiger charge is 2.41. The molecule has 4 heteroatoms. The molecule has 0 bridgehead atoms. The summed E-state index contributed by atoms with van der Waals surface area (Å²) in [6.45, 7) is 6.26. The van der Waals surface area contributed by atoms with Gasteiger partial charge in [0.2, 0.25) is 0 Å². The van der Waals surface area contributed by atoms with E-state index in [0.29, 0.717) is 19.6 Å². The average Bonchev–Trinajstić information content (AvgIpc) is 2.28. The Morgan fingerprint density at radius 2 is 1.94 bits per heavy atom. The van der Waals surface area contributed by atoms with Gasteiger partial charge in [0, 0.05) is 20.1 Å². The van der Waals surface area contributed by atoms with Gasteiger partial charge in [-0.25, -0.2) is 0 Å². The van der Waals surface area contributed by atoms with Crippen molar-refractivity contribution in [3.63, 3.8) is 0 Å². The standard InChI is InChI=1S/C13H26O4/c1-10(2)5-4-6-16-12-9-11(14)13(12)17-8-7-15-3/h10-14H,4-9H2,1-3H3. The van der Waals surface area contributed by atoms with Crippen LogP contribution in [0.1, 0.15) is 33.1 Å². The number of hydrogen-bond acceptors (Lipinski definition) is 4. The van der Waals surface area contributed by atoms with Gasteiger partial charge in [0.05, 0.1) is 25.4 Å². The Morgan fingerprint density at radius 1 is 1.18 bits per heavy atom. The van der Waals surface area contributed by atoms with Crippen LogP contribution in [0.5, 0.6) is 0 Å². The zero-order valence-corrected chi connectivity index (χ0v) is 11.2. The Hall–Kier alpha value is -0.160. The fraction of sp³-hybridized carbons (Fsp3) is 1.00. The molecule has 0 aromatic heterocycles. The van der Waals surface area contributed by atoms with Gasteiger partial charge >= 0.3 is 0 Å². The first kappa shape index (κ1) is 14.9. The predicted octanol–water partition coefficient (Wildman–Crippen LogP) is 1.60. The molecule has 17 heavy (non-hydrogen) atoms. The van der Waals surface area contributed by atoms with Crippen LogP contribution >= 0.6 is 0 Å². The minimum atomic E-state index is -0.373. The Kier molecular flexibility index (Phi) is 7.04. The van der Waals surface area contributed by atoms with Crippen LogP contribution in [0.2, 0.25) is 0 Å². The fourth-order valence-electron chi connectivity index (χ4n) is 1.93. The Balaban J connectivity index is 2.07. The van der Waals surface area contributed by atoms with Crippen LogP contribution in [0, 0.1) is 5.92 Å². The van der Waals surface area contributed by atoms with Crippen LogP contribution in [0.25, 0.3) is 0 Å². The lowest BCUT2D eigenvalue weighted by atomic mass is 9.88. The fourth-order valence-corrected chi connectivity index (χ4v) is 1.93. The zero-order chi connectivity index (χ0) is 12.7. The van der Waals surface area contributed by atoms with Crippen molar-refractivity contribution in [3.8, 4) is 0 Å². The molecule has 3 atom stereocenters. The number of hydrogen-bond donors (Lipinski definition) is 1. The molecule has 102 valence electrons. The summed E-state index contributed by atoms with van der Waals surface area (Å²) in [4.78, 5) is 0. The summed E-state index contributed by atoms with van der Waals surface area (Å²) in [7, 11) is 1.64. The van der Waals surface area contributed by atoms with E-state index in [0.717, 1.165) is 18.9 Å². The Bertz CT molecular complexity index is 196. The first-order valence-electron chi connectivity index (χ1n) is 6.55. The van der Waals surface area contributed by atoms with Gasteiger partial charge in [0.15, 0.2) is 0 Å². The molecule has 0 radical (unpaired) electrons. The summed E-state index contributed by atoms with van der Waals surface area (Å²) in [6.07, 6.45) is 2.49. The summed E-state index contributed by atoms with van der Waals surface area (Å²) >= 11 is 0. The molecule has 0 spiro atoms. The normalized spacial score (nSPS) is 28.4. The summed E-state index contributed by atoms with van der Waals surface area (Å²) in [5.74, 6) is 0.722. The maximum Gasteiger partial charge on any atom is 0.110 e. The number of aliphatic hydroxyl groups is 1. The highest BCUT2D eigenvalue weighted by Crippen LogP contribution is 2.27. The third kappa shape index (κ3) is 5.34. The van der Waals surface area contributed by atoms with Crippen LogP contribution in [-0.2, 0) is 14.2 Å². The molecular formula is C13H26O4. The average molecular weight is 246 g/mol. The van der Waals surface area contributed by atoms with E-state index in [4.69, 9.17) is 14.2 Å². The number of aliphatic hydroxyl groups excluding tert-OH is 1. The van der Waals surface area contributed by atoms with Gasteiger partial charge in [-0.15, -0.1) is 0 Å². The summed E-state index contributed by atoms with van der Waals surface area (Å²) in [5, 5.41) is 9.58. The summed E-state index contributed by atoms with van der Waals surface area (Å²) in [6, 6.07) is 0. The molecule has 0 saturated heterocycles. The van der Waals surface area contributed by atoms with Crippen molar-refractivity contribution in [2.75, 3.05) is 26.9 Å². The minimum absolute atomic E-state index is 0.0639. The van der Waals surface area contributed by atoms with E-state index in [-0.39, 0.29) is 18.3 Å². The molecule has 0 amide bonds. The zero-order valence-electron chi connectivity index (χ0n) is 11.2. The van der Waals surface area contributed by atoms with Crippen molar-refractivity contribution in [1.82, 2.24) is 0 Å². The van der Waals surface area contributed by atoms with Crippen molar-refractivity contribution < 1.29 is 19.3 Å². The molecule has 0 heterocycles. The van der Waals surface area contributed by atoms with E-state index in [1.165, 1.54) is 6.42 Å². The highest BCUT2D eigenvalue weighted by atomic mass is 16.6. The van der Waals surface area contributed by atoms with E-state index in [9.17, 15) is 5.11 Å². The van der Waals surface area contributed by atoms with Crippen LogP contribution in [0.3, 0.4) is 0 Å². The molecule has 0 aliphatic heterocycles. The van der Waals surface area contributed by atoms with E-state index in [1.807, 2.05) is 0 Å². The third-order valence-corrected chi connectivity index (χ3v) is 3.07. The monoisotopic (exact) mass is 246 g/mol. The SMILES string of the molecule is COCCOC1C(O)CC1OCCCC(C)C. The first-order valence-corrected chi connectivity index (χ1v) is 6.55. The second kappa shape index (κ2) is 8.03. The second-order valence-electron chi connectivity index (χ2n) is 5.08. The van der Waals surface area contributed by atoms with Gasteiger partial charge < -0.3 is 19.3 Å². The van der Waals surface area contributed by atoms with Crippen molar-refractivity contribution in [1.29, 1.82) is 0 Å². The van der Waals surface area contributed by atoms with Gasteiger partial charge in [-0.1, -0.05) is 13.8 Å². The molecule has 1 aliphatic carbocycles. The smallest absolute Gasteiger partial charge is 0.110 e. The molecule has 1 N–H and O–H groups in total. The van der Waals surface area contributed by atoms with E-state index >= 15 is 0 Å². The topological polar surface area (TPSA) is 47.9 Å². The number of ether oxygens (including phenoxy) is 3. The molecule has 1 saturated carbocycles. The second-order valence-corrected chi connectivity index (χ2v) is 5.08. The van der Waals surface area contributed by atoms with E-state index < -0.39 is 0 Å². The molecule has 1 rings (SSSR count). The minimum Gasteiger partial charge on any atom is -0.390 e. The molecular weight excluding hydrogens is 220 g/mol. The summed E-state index contributed by atoms with van der Waals surface area (Å²) in [5.41, 5.74) is 0. The van der Waals surface area contributed by atoms with Gasteiger partial charge in [0.1, 0.15) is 6.10 Å². The maximum atomic E-state index is 9.58. The molecule has 3 unspecified atom stereocenters. The van der Waals surface area contributed by atoms with E-state index in [2.05, 4.69) is 13.8 Å². The third-order valence-electron chi connectivity index (χ3n) is 3.07. The highest BCUT2D eigenvalue weighted by molar-refractivity contribution is 4.92. The number of methoxy groups -OCH3 is 1.